The first-order chi connectivity index (χ1) is 10.1. The molecule has 21 heavy (non-hydrogen) atoms. The van der Waals surface area contributed by atoms with Crippen LogP contribution in [0.5, 0.6) is 0 Å². The first kappa shape index (κ1) is 13.4. The Morgan fingerprint density at radius 3 is 1.38 bits per heavy atom. The molecule has 4 fully saturated rings. The van der Waals surface area contributed by atoms with Crippen molar-refractivity contribution in [2.75, 3.05) is 0 Å². The van der Waals surface area contributed by atoms with Crippen LogP contribution >= 0.6 is 0 Å². The second kappa shape index (κ2) is 4.62. The summed E-state index contributed by atoms with van der Waals surface area (Å²) in [5, 5.41) is 8.63. The summed E-state index contributed by atoms with van der Waals surface area (Å²) in [7, 11) is 0. The SMILES string of the molecule is O=C(NC(=O)NC12CCC(CC1)C2)NC12CCC(CC1)C2. The Bertz CT molecular complexity index is 418. The van der Waals surface area contributed by atoms with Crippen LogP contribution in [0, 0.1) is 11.8 Å². The largest absolute Gasteiger partial charge is 0.332 e. The molecule has 4 bridgehead atoms. The highest BCUT2D eigenvalue weighted by atomic mass is 16.2. The van der Waals surface area contributed by atoms with Crippen molar-refractivity contribution in [2.24, 2.45) is 11.8 Å². The van der Waals surface area contributed by atoms with E-state index in [0.29, 0.717) is 0 Å². The highest BCUT2D eigenvalue weighted by Gasteiger charge is 2.47. The van der Waals surface area contributed by atoms with E-state index in [2.05, 4.69) is 16.0 Å². The molecule has 0 aliphatic heterocycles. The molecule has 4 rings (SSSR count). The van der Waals surface area contributed by atoms with E-state index >= 15 is 0 Å². The van der Waals surface area contributed by atoms with Crippen LogP contribution in [0.15, 0.2) is 0 Å². The number of urea groups is 2. The molecular formula is C16H25N3O2. The van der Waals surface area contributed by atoms with Crippen molar-refractivity contribution in [3.05, 3.63) is 0 Å². The number of carbonyl (C=O) groups is 2. The lowest BCUT2D eigenvalue weighted by molar-refractivity contribution is 0.210. The second-order valence-corrected chi connectivity index (χ2v) is 7.89. The molecule has 3 N–H and O–H groups in total. The quantitative estimate of drug-likeness (QED) is 0.732. The van der Waals surface area contributed by atoms with Crippen LogP contribution in [-0.4, -0.2) is 23.1 Å². The lowest BCUT2D eigenvalue weighted by Crippen LogP contribution is -2.56. The predicted octanol–water partition coefficient (Wildman–Crippen LogP) is 2.66. The summed E-state index contributed by atoms with van der Waals surface area (Å²) in [6.07, 6.45) is 11.3. The zero-order valence-corrected chi connectivity index (χ0v) is 12.5. The number of rotatable bonds is 2. The van der Waals surface area contributed by atoms with Gasteiger partial charge in [-0.15, -0.1) is 0 Å². The van der Waals surface area contributed by atoms with Crippen molar-refractivity contribution in [3.8, 4) is 0 Å². The lowest BCUT2D eigenvalue weighted by Gasteiger charge is -2.30. The molecule has 0 radical (unpaired) electrons. The van der Waals surface area contributed by atoms with Crippen LogP contribution in [0.2, 0.25) is 0 Å². The van der Waals surface area contributed by atoms with Gasteiger partial charge in [-0.05, 0) is 76.0 Å². The third-order valence-corrected chi connectivity index (χ3v) is 6.47. The highest BCUT2D eigenvalue weighted by Crippen LogP contribution is 2.48. The Labute approximate surface area is 125 Å². The van der Waals surface area contributed by atoms with E-state index in [1.165, 1.54) is 25.7 Å². The van der Waals surface area contributed by atoms with Gasteiger partial charge in [0.05, 0.1) is 0 Å². The van der Waals surface area contributed by atoms with E-state index in [-0.39, 0.29) is 23.1 Å². The van der Waals surface area contributed by atoms with E-state index in [9.17, 15) is 9.59 Å². The van der Waals surface area contributed by atoms with Gasteiger partial charge in [-0.2, -0.15) is 0 Å². The van der Waals surface area contributed by atoms with Gasteiger partial charge in [0.2, 0.25) is 0 Å². The fraction of sp³-hybridized carbons (Fsp3) is 0.875. The van der Waals surface area contributed by atoms with Gasteiger partial charge in [0.15, 0.2) is 0 Å². The minimum absolute atomic E-state index is 0.0286. The highest BCUT2D eigenvalue weighted by molar-refractivity contribution is 5.94. The molecule has 4 amide bonds. The van der Waals surface area contributed by atoms with Crippen molar-refractivity contribution in [1.29, 1.82) is 0 Å². The molecule has 116 valence electrons. The number of imide groups is 1. The molecule has 0 aromatic heterocycles. The van der Waals surface area contributed by atoms with E-state index in [4.69, 9.17) is 0 Å². The molecular weight excluding hydrogens is 266 g/mol. The standard InChI is InChI=1S/C16H25N3O2/c20-13(18-15-5-1-11(9-15)2-6-15)17-14(21)19-16-7-3-12(10-16)4-8-16/h11-12H,1-10H2,(H3,17,18,19,20,21). The van der Waals surface area contributed by atoms with Crippen molar-refractivity contribution in [2.45, 2.75) is 75.3 Å². The molecule has 0 aromatic carbocycles. The Morgan fingerprint density at radius 1 is 0.714 bits per heavy atom. The summed E-state index contributed by atoms with van der Waals surface area (Å²) in [4.78, 5) is 24.2. The first-order valence-corrected chi connectivity index (χ1v) is 8.48. The maximum atomic E-state index is 12.1. The number of carbonyl (C=O) groups excluding carboxylic acids is 2. The average Bonchev–Trinajstić information content (AvgIpc) is 3.16. The fourth-order valence-corrected chi connectivity index (χ4v) is 5.38. The number of nitrogens with one attached hydrogen (secondary N) is 3. The molecule has 0 saturated heterocycles. The molecule has 4 aliphatic rings. The summed E-state index contributed by atoms with van der Waals surface area (Å²) in [6, 6.07) is -0.641. The molecule has 0 atom stereocenters. The normalized spacial score (nSPS) is 43.0. The number of hydrogen-bond acceptors (Lipinski definition) is 2. The van der Waals surface area contributed by atoms with Gasteiger partial charge in [0.25, 0.3) is 0 Å². The van der Waals surface area contributed by atoms with Gasteiger partial charge in [-0.3, -0.25) is 5.32 Å². The van der Waals surface area contributed by atoms with Gasteiger partial charge in [0.1, 0.15) is 0 Å². The first-order valence-electron chi connectivity index (χ1n) is 8.48. The van der Waals surface area contributed by atoms with Gasteiger partial charge in [-0.1, -0.05) is 0 Å². The smallest absolute Gasteiger partial charge is 0.323 e. The van der Waals surface area contributed by atoms with E-state index < -0.39 is 0 Å². The van der Waals surface area contributed by atoms with Crippen molar-refractivity contribution in [3.63, 3.8) is 0 Å². The van der Waals surface area contributed by atoms with Crippen LogP contribution in [0.1, 0.15) is 64.2 Å². The van der Waals surface area contributed by atoms with Crippen LogP contribution in [-0.2, 0) is 0 Å². The number of hydrogen-bond donors (Lipinski definition) is 3. The third kappa shape index (κ3) is 2.40. The molecule has 4 aliphatic carbocycles. The molecule has 4 saturated carbocycles. The Kier molecular flexibility index (Phi) is 2.95. The maximum Gasteiger partial charge on any atom is 0.323 e. The minimum atomic E-state index is -0.320. The maximum absolute atomic E-state index is 12.1. The second-order valence-electron chi connectivity index (χ2n) is 7.89. The molecule has 5 heteroatoms. The molecule has 5 nitrogen and oxygen atoms in total. The Hall–Kier alpha value is -1.26. The van der Waals surface area contributed by atoms with E-state index in [1.54, 1.807) is 0 Å². The lowest BCUT2D eigenvalue weighted by atomic mass is 9.94. The van der Waals surface area contributed by atoms with Crippen molar-refractivity contribution >= 4 is 12.1 Å². The molecule has 0 unspecified atom stereocenters. The third-order valence-electron chi connectivity index (χ3n) is 6.47. The zero-order chi connectivity index (χ0) is 14.5. The molecule has 0 spiro atoms. The number of fused-ring (bicyclic) bond motifs is 4. The molecule has 0 aromatic rings. The summed E-state index contributed by atoms with van der Waals surface area (Å²) in [5.74, 6) is 1.57. The molecule has 0 heterocycles. The minimum Gasteiger partial charge on any atom is -0.332 e. The van der Waals surface area contributed by atoms with Gasteiger partial charge in [-0.25, -0.2) is 9.59 Å². The topological polar surface area (TPSA) is 70.2 Å². The van der Waals surface area contributed by atoms with Gasteiger partial charge >= 0.3 is 12.1 Å². The van der Waals surface area contributed by atoms with Gasteiger partial charge < -0.3 is 10.6 Å². The van der Waals surface area contributed by atoms with Crippen LogP contribution in [0.25, 0.3) is 0 Å². The van der Waals surface area contributed by atoms with Crippen molar-refractivity contribution in [1.82, 2.24) is 16.0 Å². The monoisotopic (exact) mass is 291 g/mol. The summed E-state index contributed by atoms with van der Waals surface area (Å²) in [6.45, 7) is 0. The van der Waals surface area contributed by atoms with Crippen molar-refractivity contribution < 1.29 is 9.59 Å². The van der Waals surface area contributed by atoms with E-state index in [0.717, 1.165) is 50.4 Å². The van der Waals surface area contributed by atoms with Gasteiger partial charge in [0, 0.05) is 11.1 Å². The van der Waals surface area contributed by atoms with Crippen LogP contribution in [0.4, 0.5) is 9.59 Å². The zero-order valence-electron chi connectivity index (χ0n) is 12.5. The summed E-state index contributed by atoms with van der Waals surface area (Å²) >= 11 is 0. The number of amides is 4. The predicted molar refractivity (Wildman–Crippen MR) is 78.8 cm³/mol. The van der Waals surface area contributed by atoms with E-state index in [1.807, 2.05) is 0 Å². The average molecular weight is 291 g/mol. The Balaban J connectivity index is 1.29. The summed E-state index contributed by atoms with van der Waals surface area (Å²) < 4.78 is 0. The van der Waals surface area contributed by atoms with Crippen LogP contribution in [0.3, 0.4) is 0 Å². The van der Waals surface area contributed by atoms with Crippen LogP contribution < -0.4 is 16.0 Å². The fourth-order valence-electron chi connectivity index (χ4n) is 5.38. The Morgan fingerprint density at radius 2 is 1.10 bits per heavy atom. The summed E-state index contributed by atoms with van der Waals surface area (Å²) in [5.41, 5.74) is -0.0573.